The average molecular weight is 582 g/mol. The molecule has 1 saturated carbocycles. The van der Waals surface area contributed by atoms with Crippen molar-refractivity contribution in [2.45, 2.75) is 34.6 Å². The second kappa shape index (κ2) is 20.6. The van der Waals surface area contributed by atoms with Crippen LogP contribution in [0.15, 0.2) is 60.7 Å². The topological polar surface area (TPSA) is 9.23 Å². The molecular weight excluding hydrogens is 539 g/mol. The van der Waals surface area contributed by atoms with Crippen molar-refractivity contribution in [3.8, 4) is 5.92 Å². The van der Waals surface area contributed by atoms with E-state index >= 15 is 0 Å². The standard InChI is InChI=1S/C10H15.2C8H11P.C4H5O.Ru/c1-6-7(2)9(4)10(5)8(6)3;2*1-9(2)8-6-4-3-5-7-8;1-3-4-5-2;/h1-5H3;2*3-7H,1-2H3;4H2,2H3;/q;;;-1;+2. The molecule has 5 radical (unpaired) electrons. The van der Waals surface area contributed by atoms with E-state index in [-0.39, 0.29) is 35.3 Å². The van der Waals surface area contributed by atoms with Crippen LogP contribution in [0.5, 0.6) is 0 Å². The first kappa shape index (κ1) is 35.6. The first-order valence-electron chi connectivity index (χ1n) is 11.1. The molecule has 0 N–H and O–H groups in total. The van der Waals surface area contributed by atoms with Gasteiger partial charge in [0.2, 0.25) is 0 Å². The molecule has 34 heavy (non-hydrogen) atoms. The molecule has 0 amide bonds. The summed E-state index contributed by atoms with van der Waals surface area (Å²) in [6.45, 7) is 20.4. The van der Waals surface area contributed by atoms with E-state index in [1.54, 1.807) is 0 Å². The van der Waals surface area contributed by atoms with E-state index in [9.17, 15) is 0 Å². The van der Waals surface area contributed by atoms with Crippen molar-refractivity contribution in [1.29, 1.82) is 0 Å². The molecule has 2 aromatic carbocycles. The van der Waals surface area contributed by atoms with Gasteiger partial charge in [-0.25, -0.2) is 0 Å². The summed E-state index contributed by atoms with van der Waals surface area (Å²) < 4.78 is 4.39. The zero-order valence-electron chi connectivity index (χ0n) is 22.6. The molecular formula is C30H42OP2Ru+. The van der Waals surface area contributed by atoms with Gasteiger partial charge in [-0.3, -0.25) is 0 Å². The second-order valence-corrected chi connectivity index (χ2v) is 12.8. The average Bonchev–Trinajstić information content (AvgIpc) is 2.99. The molecule has 2 aromatic rings. The number of hydrogen-bond acceptors (Lipinski definition) is 1. The summed E-state index contributed by atoms with van der Waals surface area (Å²) in [6.07, 6.45) is 6.23. The molecule has 0 bridgehead atoms. The maximum Gasteiger partial charge on any atom is 2.00 e. The molecule has 1 aliphatic rings. The zero-order valence-corrected chi connectivity index (χ0v) is 26.2. The SMILES string of the molecule is CP(C)c1ccccc1.CP(C)c1ccccc1.C[C]1[C](C)[C](C)[C](C)[C]1C.[C-]#CCOC.[Ru+2]. The maximum atomic E-state index is 6.23. The van der Waals surface area contributed by atoms with Gasteiger partial charge in [-0.1, -0.05) is 111 Å². The first-order chi connectivity index (χ1) is 15.6. The van der Waals surface area contributed by atoms with Gasteiger partial charge in [-0.2, -0.15) is 0 Å². The van der Waals surface area contributed by atoms with Crippen LogP contribution in [0, 0.1) is 41.9 Å². The number of hydrogen-bond donors (Lipinski definition) is 0. The third-order valence-corrected chi connectivity index (χ3v) is 8.24. The summed E-state index contributed by atoms with van der Waals surface area (Å²) >= 11 is 0. The normalized spacial score (nSPS) is 14.7. The fourth-order valence-corrected chi connectivity index (χ4v) is 4.47. The number of methoxy groups -OCH3 is 1. The van der Waals surface area contributed by atoms with Gasteiger partial charge in [-0.05, 0) is 66.9 Å². The third-order valence-electron chi connectivity index (χ3n) is 5.57. The molecule has 3 rings (SSSR count). The smallest absolute Gasteiger partial charge is 0.691 e. The molecule has 0 aliphatic heterocycles. The summed E-state index contributed by atoms with van der Waals surface area (Å²) in [5.74, 6) is 9.38. The predicted octanol–water partition coefficient (Wildman–Crippen LogP) is 7.30. The maximum absolute atomic E-state index is 6.23. The van der Waals surface area contributed by atoms with Crippen LogP contribution in [0.4, 0.5) is 0 Å². The van der Waals surface area contributed by atoms with Gasteiger partial charge in [0, 0.05) is 7.11 Å². The van der Waals surface area contributed by atoms with E-state index < -0.39 is 0 Å². The van der Waals surface area contributed by atoms with Crippen molar-refractivity contribution < 1.29 is 24.2 Å². The molecule has 1 nitrogen and oxygen atoms in total. The molecule has 1 aliphatic carbocycles. The van der Waals surface area contributed by atoms with Crippen molar-refractivity contribution in [1.82, 2.24) is 0 Å². The minimum atomic E-state index is 0. The van der Waals surface area contributed by atoms with Crippen molar-refractivity contribution in [3.05, 3.63) is 96.7 Å². The van der Waals surface area contributed by atoms with Crippen LogP contribution in [-0.2, 0) is 24.2 Å². The van der Waals surface area contributed by atoms with Crippen LogP contribution in [0.25, 0.3) is 0 Å². The molecule has 0 heterocycles. The Balaban J connectivity index is 0. The number of ether oxygens (including phenoxy) is 1. The molecule has 0 aromatic heterocycles. The van der Waals surface area contributed by atoms with E-state index in [4.69, 9.17) is 6.42 Å². The van der Waals surface area contributed by atoms with Gasteiger partial charge in [0.25, 0.3) is 0 Å². The van der Waals surface area contributed by atoms with Gasteiger partial charge in [-0.15, -0.1) is 0 Å². The largest absolute Gasteiger partial charge is 2.00 e. The summed E-state index contributed by atoms with van der Waals surface area (Å²) in [4.78, 5) is 0. The van der Waals surface area contributed by atoms with Crippen LogP contribution in [0.2, 0.25) is 0 Å². The van der Waals surface area contributed by atoms with E-state index in [2.05, 4.69) is 127 Å². The summed E-state index contributed by atoms with van der Waals surface area (Å²) in [5.41, 5.74) is 0. The van der Waals surface area contributed by atoms with Crippen molar-refractivity contribution in [2.24, 2.45) is 0 Å². The quantitative estimate of drug-likeness (QED) is 0.160. The third kappa shape index (κ3) is 14.1. The molecule has 4 heteroatoms. The summed E-state index contributed by atoms with van der Waals surface area (Å²) in [5, 5.41) is 2.96. The second-order valence-electron chi connectivity index (χ2n) is 8.19. The molecule has 0 spiro atoms. The minimum absolute atomic E-state index is 0. The Labute approximate surface area is 227 Å². The predicted molar refractivity (Wildman–Crippen MR) is 153 cm³/mol. The Hall–Kier alpha value is -0.557. The van der Waals surface area contributed by atoms with Crippen LogP contribution >= 0.6 is 15.8 Å². The molecule has 185 valence electrons. The van der Waals surface area contributed by atoms with Crippen LogP contribution < -0.4 is 10.6 Å². The van der Waals surface area contributed by atoms with Gasteiger partial charge in [0.05, 0.1) is 6.61 Å². The van der Waals surface area contributed by atoms with Gasteiger partial charge < -0.3 is 17.1 Å². The van der Waals surface area contributed by atoms with Crippen molar-refractivity contribution in [3.63, 3.8) is 0 Å². The number of benzene rings is 2. The molecule has 0 saturated heterocycles. The Morgan fingerprint density at radius 2 is 0.882 bits per heavy atom. The fourth-order valence-electron chi connectivity index (χ4n) is 2.93. The molecule has 1 fully saturated rings. The Morgan fingerprint density at radius 3 is 1.00 bits per heavy atom. The van der Waals surface area contributed by atoms with Crippen molar-refractivity contribution >= 4 is 26.5 Å². The minimum Gasteiger partial charge on any atom is -0.691 e. The first-order valence-corrected chi connectivity index (χ1v) is 15.6. The van der Waals surface area contributed by atoms with E-state index in [1.165, 1.54) is 47.3 Å². The molecule has 0 atom stereocenters. The zero-order chi connectivity index (χ0) is 25.4. The van der Waals surface area contributed by atoms with Crippen LogP contribution in [-0.4, -0.2) is 40.4 Å². The van der Waals surface area contributed by atoms with Gasteiger partial charge in [0.1, 0.15) is 0 Å². The summed E-state index contributed by atoms with van der Waals surface area (Å²) in [7, 11) is 1.74. The van der Waals surface area contributed by atoms with Crippen molar-refractivity contribution in [2.75, 3.05) is 40.4 Å². The monoisotopic (exact) mass is 582 g/mol. The fraction of sp³-hybridized carbons (Fsp3) is 0.367. The Bertz CT molecular complexity index is 670. The van der Waals surface area contributed by atoms with Gasteiger partial charge >= 0.3 is 19.5 Å². The van der Waals surface area contributed by atoms with E-state index in [1.807, 2.05) is 5.92 Å². The van der Waals surface area contributed by atoms with E-state index in [0.717, 1.165) is 0 Å². The Kier molecular flexibility index (Phi) is 21.6. The number of rotatable bonds is 3. The Morgan fingerprint density at radius 1 is 0.618 bits per heavy atom. The van der Waals surface area contributed by atoms with Crippen LogP contribution in [0.3, 0.4) is 0 Å². The van der Waals surface area contributed by atoms with Gasteiger partial charge in [0.15, 0.2) is 0 Å². The van der Waals surface area contributed by atoms with E-state index in [0.29, 0.717) is 6.61 Å². The molecule has 0 unspecified atom stereocenters. The van der Waals surface area contributed by atoms with Crippen LogP contribution in [0.1, 0.15) is 34.6 Å². The summed E-state index contributed by atoms with van der Waals surface area (Å²) in [6, 6.07) is 21.2.